The first-order chi connectivity index (χ1) is 11.3. The van der Waals surface area contributed by atoms with Crippen LogP contribution in [0, 0.1) is 0 Å². The Morgan fingerprint density at radius 3 is 2.62 bits per heavy atom. The number of fused-ring (bicyclic) bond motifs is 1. The number of aromatic nitrogens is 1. The molecule has 1 aliphatic heterocycles. The molecule has 2 amide bonds. The van der Waals surface area contributed by atoms with E-state index < -0.39 is 5.54 Å². The van der Waals surface area contributed by atoms with Gasteiger partial charge in [-0.15, -0.1) is 0 Å². The standard InChI is InChI=1S/C18H20ClN3O2/c1-12(23)21-8-9-22(18(2,3)11-21)17(24)15-6-7-20-16-10-13(19)4-5-14(15)16/h4-7,10H,8-9,11H2,1-3H3. The maximum absolute atomic E-state index is 13.2. The first-order valence-electron chi connectivity index (χ1n) is 7.91. The minimum atomic E-state index is -0.428. The summed E-state index contributed by atoms with van der Waals surface area (Å²) < 4.78 is 0. The van der Waals surface area contributed by atoms with Gasteiger partial charge in [-0.1, -0.05) is 17.7 Å². The molecule has 1 aliphatic rings. The Balaban J connectivity index is 1.96. The summed E-state index contributed by atoms with van der Waals surface area (Å²) in [5.74, 6) is -0.00268. The third-order valence-corrected chi connectivity index (χ3v) is 4.76. The average Bonchev–Trinajstić information content (AvgIpc) is 2.52. The fourth-order valence-corrected chi connectivity index (χ4v) is 3.42. The van der Waals surface area contributed by atoms with Crippen LogP contribution in [0.3, 0.4) is 0 Å². The normalized spacial score (nSPS) is 17.2. The zero-order valence-electron chi connectivity index (χ0n) is 14.0. The number of carbonyl (C=O) groups excluding carboxylic acids is 2. The lowest BCUT2D eigenvalue weighted by Crippen LogP contribution is -2.61. The van der Waals surface area contributed by atoms with Gasteiger partial charge in [0.15, 0.2) is 0 Å². The molecule has 2 aromatic rings. The molecular weight excluding hydrogens is 326 g/mol. The van der Waals surface area contributed by atoms with Crippen LogP contribution in [-0.2, 0) is 4.79 Å². The summed E-state index contributed by atoms with van der Waals surface area (Å²) in [4.78, 5) is 32.7. The highest BCUT2D eigenvalue weighted by atomic mass is 35.5. The SMILES string of the molecule is CC(=O)N1CCN(C(=O)c2ccnc3cc(Cl)ccc23)C(C)(C)C1. The number of carbonyl (C=O) groups is 2. The van der Waals surface area contributed by atoms with E-state index in [-0.39, 0.29) is 11.8 Å². The Morgan fingerprint density at radius 2 is 1.96 bits per heavy atom. The lowest BCUT2D eigenvalue weighted by Gasteiger charge is -2.47. The molecule has 0 radical (unpaired) electrons. The van der Waals surface area contributed by atoms with Crippen LogP contribution in [-0.4, -0.2) is 51.8 Å². The molecule has 3 rings (SSSR count). The van der Waals surface area contributed by atoms with E-state index in [1.165, 1.54) is 0 Å². The molecule has 0 N–H and O–H groups in total. The molecule has 0 spiro atoms. The maximum atomic E-state index is 13.2. The fraction of sp³-hybridized carbons (Fsp3) is 0.389. The van der Waals surface area contributed by atoms with Gasteiger partial charge in [0.05, 0.1) is 16.6 Å². The Labute approximate surface area is 146 Å². The van der Waals surface area contributed by atoms with Crippen molar-refractivity contribution >= 4 is 34.3 Å². The monoisotopic (exact) mass is 345 g/mol. The molecule has 5 nitrogen and oxygen atoms in total. The van der Waals surface area contributed by atoms with E-state index in [1.807, 2.05) is 24.8 Å². The molecular formula is C18H20ClN3O2. The van der Waals surface area contributed by atoms with Gasteiger partial charge in [0.2, 0.25) is 5.91 Å². The number of hydrogen-bond acceptors (Lipinski definition) is 3. The number of pyridine rings is 1. The summed E-state index contributed by atoms with van der Waals surface area (Å²) in [6, 6.07) is 7.09. The van der Waals surface area contributed by atoms with E-state index in [4.69, 9.17) is 11.6 Å². The minimum Gasteiger partial charge on any atom is -0.339 e. The number of benzene rings is 1. The van der Waals surface area contributed by atoms with Gasteiger partial charge >= 0.3 is 0 Å². The highest BCUT2D eigenvalue weighted by molar-refractivity contribution is 6.31. The van der Waals surface area contributed by atoms with E-state index in [2.05, 4.69) is 4.98 Å². The Morgan fingerprint density at radius 1 is 1.21 bits per heavy atom. The van der Waals surface area contributed by atoms with Crippen LogP contribution in [0.2, 0.25) is 5.02 Å². The third kappa shape index (κ3) is 2.96. The maximum Gasteiger partial charge on any atom is 0.255 e. The number of halogens is 1. The predicted molar refractivity (Wildman–Crippen MR) is 94.1 cm³/mol. The van der Waals surface area contributed by atoms with Crippen LogP contribution in [0.1, 0.15) is 31.1 Å². The number of hydrogen-bond donors (Lipinski definition) is 0. The molecule has 0 unspecified atom stereocenters. The van der Waals surface area contributed by atoms with Gasteiger partial charge in [0.1, 0.15) is 0 Å². The van der Waals surface area contributed by atoms with Gasteiger partial charge in [-0.25, -0.2) is 0 Å². The van der Waals surface area contributed by atoms with Crippen LogP contribution in [0.4, 0.5) is 0 Å². The van der Waals surface area contributed by atoms with Gasteiger partial charge in [-0.2, -0.15) is 0 Å². The summed E-state index contributed by atoms with van der Waals surface area (Å²) in [6.07, 6.45) is 1.63. The molecule has 126 valence electrons. The quantitative estimate of drug-likeness (QED) is 0.798. The van der Waals surface area contributed by atoms with Crippen LogP contribution in [0.5, 0.6) is 0 Å². The first kappa shape index (κ1) is 16.7. The molecule has 1 aromatic heterocycles. The molecule has 0 saturated carbocycles. The molecule has 1 aromatic carbocycles. The second kappa shape index (κ2) is 6.06. The Kier molecular flexibility index (Phi) is 4.22. The number of piperazine rings is 1. The molecule has 0 bridgehead atoms. The van der Waals surface area contributed by atoms with Gasteiger partial charge in [0.25, 0.3) is 5.91 Å². The van der Waals surface area contributed by atoms with Crippen molar-refractivity contribution in [2.24, 2.45) is 0 Å². The largest absolute Gasteiger partial charge is 0.339 e. The summed E-state index contributed by atoms with van der Waals surface area (Å²) >= 11 is 6.02. The zero-order chi connectivity index (χ0) is 17.5. The number of rotatable bonds is 1. The van der Waals surface area contributed by atoms with E-state index in [1.54, 1.807) is 36.2 Å². The first-order valence-corrected chi connectivity index (χ1v) is 8.29. The number of amides is 2. The summed E-state index contributed by atoms with van der Waals surface area (Å²) in [6.45, 7) is 7.14. The summed E-state index contributed by atoms with van der Waals surface area (Å²) in [5.41, 5.74) is 0.887. The van der Waals surface area contributed by atoms with Crippen LogP contribution in [0.15, 0.2) is 30.5 Å². The van der Waals surface area contributed by atoms with Crippen LogP contribution < -0.4 is 0 Å². The fourth-order valence-electron chi connectivity index (χ4n) is 3.25. The van der Waals surface area contributed by atoms with Crippen LogP contribution >= 0.6 is 11.6 Å². The highest BCUT2D eigenvalue weighted by Gasteiger charge is 2.38. The molecule has 1 fully saturated rings. The lowest BCUT2D eigenvalue weighted by molar-refractivity contribution is -0.132. The van der Waals surface area contributed by atoms with Crippen molar-refractivity contribution in [3.05, 3.63) is 41.0 Å². The summed E-state index contributed by atoms with van der Waals surface area (Å²) in [5, 5.41) is 1.38. The van der Waals surface area contributed by atoms with Crippen molar-refractivity contribution in [1.82, 2.24) is 14.8 Å². The lowest BCUT2D eigenvalue weighted by atomic mass is 9.96. The topological polar surface area (TPSA) is 53.5 Å². The Hall–Kier alpha value is -2.14. The van der Waals surface area contributed by atoms with Gasteiger partial charge in [-0.05, 0) is 32.0 Å². The van der Waals surface area contributed by atoms with E-state index in [0.717, 1.165) is 5.39 Å². The van der Waals surface area contributed by atoms with E-state index >= 15 is 0 Å². The van der Waals surface area contributed by atoms with Crippen molar-refractivity contribution in [3.63, 3.8) is 0 Å². The molecule has 6 heteroatoms. The van der Waals surface area contributed by atoms with Crippen molar-refractivity contribution in [2.75, 3.05) is 19.6 Å². The van der Waals surface area contributed by atoms with E-state index in [9.17, 15) is 9.59 Å². The second-order valence-electron chi connectivity index (χ2n) is 6.73. The minimum absolute atomic E-state index is 0.0409. The van der Waals surface area contributed by atoms with Crippen LogP contribution in [0.25, 0.3) is 10.9 Å². The zero-order valence-corrected chi connectivity index (χ0v) is 14.8. The van der Waals surface area contributed by atoms with Crippen molar-refractivity contribution in [2.45, 2.75) is 26.3 Å². The van der Waals surface area contributed by atoms with Crippen molar-refractivity contribution < 1.29 is 9.59 Å². The summed E-state index contributed by atoms with van der Waals surface area (Å²) in [7, 11) is 0. The molecule has 2 heterocycles. The average molecular weight is 346 g/mol. The third-order valence-electron chi connectivity index (χ3n) is 4.53. The van der Waals surface area contributed by atoms with Crippen molar-refractivity contribution in [1.29, 1.82) is 0 Å². The van der Waals surface area contributed by atoms with E-state index in [0.29, 0.717) is 35.7 Å². The van der Waals surface area contributed by atoms with Gasteiger partial charge < -0.3 is 9.80 Å². The molecule has 24 heavy (non-hydrogen) atoms. The van der Waals surface area contributed by atoms with Crippen molar-refractivity contribution in [3.8, 4) is 0 Å². The predicted octanol–water partition coefficient (Wildman–Crippen LogP) is 2.97. The number of nitrogens with zero attached hydrogens (tertiary/aromatic N) is 3. The van der Waals surface area contributed by atoms with Gasteiger partial charge in [-0.3, -0.25) is 14.6 Å². The molecule has 1 saturated heterocycles. The Bertz CT molecular complexity index is 819. The molecule has 0 aliphatic carbocycles. The van der Waals surface area contributed by atoms with Gasteiger partial charge in [0, 0.05) is 43.2 Å². The highest BCUT2D eigenvalue weighted by Crippen LogP contribution is 2.27. The smallest absolute Gasteiger partial charge is 0.255 e. The molecule has 0 atom stereocenters. The second-order valence-corrected chi connectivity index (χ2v) is 7.17.